The largest absolute Gasteiger partial charge is 0.491 e. The minimum absolute atomic E-state index is 0.00780. The van der Waals surface area contributed by atoms with Crippen molar-refractivity contribution in [1.29, 1.82) is 0 Å². The molecule has 31 heavy (non-hydrogen) atoms. The third-order valence-corrected chi connectivity index (χ3v) is 4.52. The Morgan fingerprint density at radius 3 is 2.65 bits per heavy atom. The third kappa shape index (κ3) is 8.68. The van der Waals surface area contributed by atoms with Gasteiger partial charge in [-0.1, -0.05) is 24.3 Å². The highest BCUT2D eigenvalue weighted by Crippen LogP contribution is 2.12. The predicted octanol–water partition coefficient (Wildman–Crippen LogP) is 2.23. The van der Waals surface area contributed by atoms with Crippen LogP contribution in [0.1, 0.15) is 28.4 Å². The highest BCUT2D eigenvalue weighted by atomic mass is 16.5. The smallest absolute Gasteiger partial charge is 0.253 e. The molecule has 0 aliphatic carbocycles. The molecule has 0 radical (unpaired) electrons. The molecular formula is C24H34N4O3. The number of aliphatic imine (C=N–C) groups is 1. The fourth-order valence-electron chi connectivity index (χ4n) is 2.93. The number of guanidine groups is 1. The van der Waals surface area contributed by atoms with Crippen LogP contribution in [0.4, 0.5) is 0 Å². The van der Waals surface area contributed by atoms with Crippen molar-refractivity contribution < 1.29 is 14.6 Å². The molecule has 0 aromatic heterocycles. The molecular weight excluding hydrogens is 392 g/mol. The number of aliphatic hydroxyl groups excluding tert-OH is 1. The van der Waals surface area contributed by atoms with Crippen molar-refractivity contribution in [2.75, 3.05) is 40.3 Å². The maximum atomic E-state index is 12.1. The summed E-state index contributed by atoms with van der Waals surface area (Å²) in [5.41, 5.74) is 2.86. The Balaban J connectivity index is 1.83. The van der Waals surface area contributed by atoms with Crippen molar-refractivity contribution >= 4 is 11.9 Å². The van der Waals surface area contributed by atoms with E-state index >= 15 is 0 Å². The van der Waals surface area contributed by atoms with Gasteiger partial charge in [-0.15, -0.1) is 0 Å². The van der Waals surface area contributed by atoms with E-state index in [1.165, 1.54) is 0 Å². The maximum Gasteiger partial charge on any atom is 0.253 e. The lowest BCUT2D eigenvalue weighted by Gasteiger charge is -2.14. The van der Waals surface area contributed by atoms with Crippen molar-refractivity contribution in [2.24, 2.45) is 4.99 Å². The van der Waals surface area contributed by atoms with Gasteiger partial charge in [-0.2, -0.15) is 0 Å². The summed E-state index contributed by atoms with van der Waals surface area (Å²) < 4.78 is 5.64. The number of amides is 1. The maximum absolute atomic E-state index is 12.1. The molecule has 0 fully saturated rings. The zero-order valence-corrected chi connectivity index (χ0v) is 18.9. The molecule has 3 N–H and O–H groups in total. The second-order valence-electron chi connectivity index (χ2n) is 7.58. The molecule has 1 unspecified atom stereocenters. The van der Waals surface area contributed by atoms with Crippen molar-refractivity contribution in [1.82, 2.24) is 15.5 Å². The van der Waals surface area contributed by atoms with Crippen LogP contribution in [-0.4, -0.2) is 68.3 Å². The molecule has 0 saturated heterocycles. The lowest BCUT2D eigenvalue weighted by Crippen LogP contribution is -2.39. The standard InChI is InChI=1S/C24H34N4O3/c1-5-25-24(27-16-21(29)17-31-22-11-6-8-18(2)14-22)26-13-12-19-9-7-10-20(15-19)23(30)28(3)4/h6-11,14-15,21,29H,5,12-13,16-17H2,1-4H3,(H2,25,26,27). The second kappa shape index (κ2) is 12.6. The van der Waals surface area contributed by atoms with E-state index in [0.717, 1.165) is 23.3 Å². The highest BCUT2D eigenvalue weighted by Gasteiger charge is 2.09. The van der Waals surface area contributed by atoms with Crippen LogP contribution >= 0.6 is 0 Å². The van der Waals surface area contributed by atoms with Crippen LogP contribution < -0.4 is 15.4 Å². The fraction of sp³-hybridized carbons (Fsp3) is 0.417. The number of hydrogen-bond donors (Lipinski definition) is 3. The topological polar surface area (TPSA) is 86.2 Å². The molecule has 0 heterocycles. The van der Waals surface area contributed by atoms with Crippen LogP contribution in [-0.2, 0) is 6.42 Å². The van der Waals surface area contributed by atoms with E-state index in [9.17, 15) is 9.90 Å². The summed E-state index contributed by atoms with van der Waals surface area (Å²) in [6.45, 7) is 5.77. The zero-order valence-electron chi connectivity index (χ0n) is 18.9. The van der Waals surface area contributed by atoms with Crippen molar-refractivity contribution in [3.8, 4) is 5.75 Å². The normalized spacial score (nSPS) is 12.2. The van der Waals surface area contributed by atoms with E-state index in [0.29, 0.717) is 24.6 Å². The molecule has 0 spiro atoms. The van der Waals surface area contributed by atoms with Crippen LogP contribution in [0.5, 0.6) is 5.75 Å². The predicted molar refractivity (Wildman–Crippen MR) is 125 cm³/mol. The lowest BCUT2D eigenvalue weighted by atomic mass is 10.1. The first-order chi connectivity index (χ1) is 14.9. The summed E-state index contributed by atoms with van der Waals surface area (Å²) >= 11 is 0. The molecule has 1 atom stereocenters. The fourth-order valence-corrected chi connectivity index (χ4v) is 2.93. The average Bonchev–Trinajstić information content (AvgIpc) is 2.75. The van der Waals surface area contributed by atoms with Gasteiger partial charge >= 0.3 is 0 Å². The lowest BCUT2D eigenvalue weighted by molar-refractivity contribution is 0.0827. The van der Waals surface area contributed by atoms with Crippen molar-refractivity contribution in [3.05, 3.63) is 65.2 Å². The Bertz CT molecular complexity index is 867. The van der Waals surface area contributed by atoms with Crippen molar-refractivity contribution in [2.45, 2.75) is 26.4 Å². The van der Waals surface area contributed by atoms with Crippen LogP contribution in [0.15, 0.2) is 53.5 Å². The van der Waals surface area contributed by atoms with Gasteiger partial charge in [0.05, 0.1) is 6.54 Å². The molecule has 0 aliphatic rings. The number of carbonyl (C=O) groups excluding carboxylic acids is 1. The molecule has 2 aromatic carbocycles. The molecule has 7 nitrogen and oxygen atoms in total. The number of nitrogens with zero attached hydrogens (tertiary/aromatic N) is 2. The summed E-state index contributed by atoms with van der Waals surface area (Å²) in [6, 6.07) is 15.4. The first-order valence-corrected chi connectivity index (χ1v) is 10.6. The Labute approximate surface area is 185 Å². The van der Waals surface area contributed by atoms with Gasteiger partial charge in [0, 0.05) is 32.7 Å². The molecule has 2 aromatic rings. The van der Waals surface area contributed by atoms with E-state index in [2.05, 4.69) is 15.6 Å². The monoisotopic (exact) mass is 426 g/mol. The van der Waals surface area contributed by atoms with E-state index in [-0.39, 0.29) is 19.1 Å². The van der Waals surface area contributed by atoms with Gasteiger partial charge in [0.1, 0.15) is 18.5 Å². The van der Waals surface area contributed by atoms with Gasteiger partial charge < -0.3 is 25.4 Å². The van der Waals surface area contributed by atoms with Crippen LogP contribution in [0, 0.1) is 6.92 Å². The van der Waals surface area contributed by atoms with E-state index < -0.39 is 6.10 Å². The number of carbonyl (C=O) groups is 1. The molecule has 168 valence electrons. The molecule has 0 saturated carbocycles. The average molecular weight is 427 g/mol. The summed E-state index contributed by atoms with van der Waals surface area (Å²) in [7, 11) is 3.49. The van der Waals surface area contributed by atoms with Crippen LogP contribution in [0.25, 0.3) is 0 Å². The number of hydrogen-bond acceptors (Lipinski definition) is 4. The molecule has 0 bridgehead atoms. The van der Waals surface area contributed by atoms with Gasteiger partial charge in [-0.3, -0.25) is 9.79 Å². The number of aryl methyl sites for hydroxylation is 1. The number of ether oxygens (including phenoxy) is 1. The third-order valence-electron chi connectivity index (χ3n) is 4.52. The molecule has 1 amide bonds. The summed E-state index contributed by atoms with van der Waals surface area (Å²) in [5.74, 6) is 1.37. The number of nitrogens with one attached hydrogen (secondary N) is 2. The molecule has 0 aliphatic heterocycles. The number of rotatable bonds is 10. The summed E-state index contributed by atoms with van der Waals surface area (Å²) in [5, 5.41) is 16.6. The first-order valence-electron chi connectivity index (χ1n) is 10.6. The highest BCUT2D eigenvalue weighted by molar-refractivity contribution is 5.94. The summed E-state index contributed by atoms with van der Waals surface area (Å²) in [4.78, 5) is 18.1. The van der Waals surface area contributed by atoms with Crippen molar-refractivity contribution in [3.63, 3.8) is 0 Å². The van der Waals surface area contributed by atoms with E-state index in [1.54, 1.807) is 19.0 Å². The minimum atomic E-state index is -0.704. The molecule has 2 rings (SSSR count). The van der Waals surface area contributed by atoms with Gasteiger partial charge in [-0.05, 0) is 55.7 Å². The minimum Gasteiger partial charge on any atom is -0.491 e. The SMILES string of the molecule is CCNC(=NCC(O)COc1cccc(C)c1)NCCc1cccc(C(=O)N(C)C)c1. The quantitative estimate of drug-likeness (QED) is 0.401. The van der Waals surface area contributed by atoms with Gasteiger partial charge in [0.15, 0.2) is 5.96 Å². The van der Waals surface area contributed by atoms with Gasteiger partial charge in [-0.25, -0.2) is 0 Å². The van der Waals surface area contributed by atoms with Crippen LogP contribution in [0.2, 0.25) is 0 Å². The first kappa shape index (κ1) is 24.2. The Morgan fingerprint density at radius 1 is 1.16 bits per heavy atom. The Hall–Kier alpha value is -3.06. The van der Waals surface area contributed by atoms with Crippen LogP contribution in [0.3, 0.4) is 0 Å². The second-order valence-corrected chi connectivity index (χ2v) is 7.58. The number of benzene rings is 2. The van der Waals surface area contributed by atoms with E-state index in [1.807, 2.05) is 62.4 Å². The van der Waals surface area contributed by atoms with Gasteiger partial charge in [0.25, 0.3) is 5.91 Å². The Morgan fingerprint density at radius 2 is 1.94 bits per heavy atom. The summed E-state index contributed by atoms with van der Waals surface area (Å²) in [6.07, 6.45) is 0.0440. The molecule has 7 heteroatoms. The zero-order chi connectivity index (χ0) is 22.6. The number of aliphatic hydroxyl groups is 1. The Kier molecular flexibility index (Phi) is 9.84. The van der Waals surface area contributed by atoms with Gasteiger partial charge in [0.2, 0.25) is 0 Å². The van der Waals surface area contributed by atoms with E-state index in [4.69, 9.17) is 4.74 Å².